The van der Waals surface area contributed by atoms with Crippen molar-refractivity contribution in [2.24, 2.45) is 11.3 Å². The largest absolute Gasteiger partial charge is 0.480 e. The Morgan fingerprint density at radius 1 is 0.871 bits per heavy atom. The third-order valence-electron chi connectivity index (χ3n) is 13.5. The summed E-state index contributed by atoms with van der Waals surface area (Å²) in [5.74, 6) is 5.24. The Morgan fingerprint density at radius 2 is 1.56 bits per heavy atom. The van der Waals surface area contributed by atoms with Crippen LogP contribution in [0, 0.1) is 56.8 Å². The second kappa shape index (κ2) is 22.4. The van der Waals surface area contributed by atoms with Gasteiger partial charge in [-0.05, 0) is 128 Å². The first kappa shape index (κ1) is 52.7. The molecule has 362 valence electrons. The van der Waals surface area contributed by atoms with E-state index in [0.29, 0.717) is 37.0 Å². The van der Waals surface area contributed by atoms with Crippen molar-refractivity contribution in [1.29, 1.82) is 15.8 Å². The number of allylic oxidation sites excluding steroid dienone is 8. The number of unbranched alkanes of at least 4 members (excludes halogenated alkanes) is 2. The number of aryl methyl sites for hydroxylation is 1. The zero-order valence-electron chi connectivity index (χ0n) is 43.1. The number of rotatable bonds is 16. The van der Waals surface area contributed by atoms with E-state index in [1.54, 1.807) is 0 Å². The Bertz CT molecular complexity index is 2810. The molecule has 1 atom stereocenters. The number of fused-ring (bicyclic) bond motifs is 1. The summed E-state index contributed by atoms with van der Waals surface area (Å²) < 4.78 is 13.1. The first-order valence-electron chi connectivity index (χ1n) is 24.8. The highest BCUT2D eigenvalue weighted by Gasteiger charge is 2.41. The molecule has 0 saturated heterocycles. The van der Waals surface area contributed by atoms with E-state index in [9.17, 15) is 25.7 Å². The summed E-state index contributed by atoms with van der Waals surface area (Å²) in [5.41, 5.74) is 11.4. The van der Waals surface area contributed by atoms with Crippen LogP contribution >= 0.6 is 0 Å². The van der Waals surface area contributed by atoms with Crippen LogP contribution in [-0.2, 0) is 27.8 Å². The van der Waals surface area contributed by atoms with Crippen molar-refractivity contribution < 1.29 is 19.4 Å². The van der Waals surface area contributed by atoms with Crippen molar-refractivity contribution in [2.75, 3.05) is 18.1 Å². The number of ketones is 1. The Hall–Kier alpha value is -6.62. The van der Waals surface area contributed by atoms with Gasteiger partial charge in [0.05, 0.1) is 0 Å². The first-order chi connectivity index (χ1) is 33.2. The van der Waals surface area contributed by atoms with E-state index >= 15 is 0 Å². The Balaban J connectivity index is 1.33. The summed E-state index contributed by atoms with van der Waals surface area (Å²) >= 11 is 0. The fourth-order valence-electron chi connectivity index (χ4n) is 9.43. The van der Waals surface area contributed by atoms with Crippen molar-refractivity contribution in [3.8, 4) is 35.4 Å². The maximum absolute atomic E-state index is 13.1. The van der Waals surface area contributed by atoms with Gasteiger partial charge in [-0.1, -0.05) is 127 Å². The molecule has 2 heterocycles. The molecule has 8 nitrogen and oxygen atoms in total. The van der Waals surface area contributed by atoms with E-state index in [1.807, 2.05) is 86.7 Å². The Morgan fingerprint density at radius 3 is 2.20 bits per heavy atom. The zero-order chi connectivity index (χ0) is 50.9. The van der Waals surface area contributed by atoms with Gasteiger partial charge in [0, 0.05) is 53.9 Å². The monoisotopic (exact) mass is 951 g/mol. The minimum Gasteiger partial charge on any atom is -0.480 e. The van der Waals surface area contributed by atoms with Crippen LogP contribution in [0.4, 0.5) is 5.69 Å². The van der Waals surface area contributed by atoms with Gasteiger partial charge in [-0.15, -0.1) is 5.54 Å². The predicted octanol–water partition coefficient (Wildman–Crippen LogP) is 13.4. The van der Waals surface area contributed by atoms with Gasteiger partial charge >= 0.3 is 0 Å². The SMILES string of the molecule is CC1(C)OC(=C(C#N)C#N)C(C#N)=C1/C=C/C1=C(Oc2ccc(CCCO)cc2)C(=C/C=C2/N(CCCCCC(=O)Cc3ccc(C#C[Si](C)(C)C)cc3)c3ccccc3C2(C)C)/CC(C(C)(C)C)C1. The van der Waals surface area contributed by atoms with Crippen molar-refractivity contribution in [1.82, 2.24) is 0 Å². The number of aliphatic hydroxyl groups excluding tert-OH is 1. The molecule has 1 aliphatic carbocycles. The van der Waals surface area contributed by atoms with Crippen LogP contribution in [0.2, 0.25) is 19.6 Å². The van der Waals surface area contributed by atoms with Crippen LogP contribution < -0.4 is 9.64 Å². The van der Waals surface area contributed by atoms with Crippen molar-refractivity contribution in [3.63, 3.8) is 0 Å². The molecule has 0 aromatic heterocycles. The lowest BCUT2D eigenvalue weighted by Gasteiger charge is -2.36. The molecular weight excluding hydrogens is 881 g/mol. The molecular formula is C61H70N4O4Si. The van der Waals surface area contributed by atoms with Gasteiger partial charge in [-0.25, -0.2) is 0 Å². The number of carbonyl (C=O) groups excluding carboxylic acids is 1. The third kappa shape index (κ3) is 13.0. The number of anilines is 1. The average Bonchev–Trinajstić information content (AvgIpc) is 3.70. The van der Waals surface area contributed by atoms with Crippen LogP contribution in [0.3, 0.4) is 0 Å². The second-order valence-corrected chi connectivity index (χ2v) is 26.7. The average molecular weight is 951 g/mol. The number of hydrogen-bond acceptors (Lipinski definition) is 8. The highest BCUT2D eigenvalue weighted by atomic mass is 28.3. The topological polar surface area (TPSA) is 130 Å². The smallest absolute Gasteiger partial charge is 0.172 e. The number of ether oxygens (including phenoxy) is 2. The van der Waals surface area contributed by atoms with Crippen LogP contribution in [-0.4, -0.2) is 37.7 Å². The van der Waals surface area contributed by atoms with Crippen molar-refractivity contribution >= 4 is 19.5 Å². The molecule has 6 rings (SSSR count). The van der Waals surface area contributed by atoms with Crippen LogP contribution in [0.1, 0.15) is 116 Å². The van der Waals surface area contributed by atoms with Crippen LogP contribution in [0.25, 0.3) is 0 Å². The molecule has 1 N–H and O–H groups in total. The molecule has 70 heavy (non-hydrogen) atoms. The highest BCUT2D eigenvalue weighted by Crippen LogP contribution is 2.49. The lowest BCUT2D eigenvalue weighted by Crippen LogP contribution is -2.28. The molecule has 0 amide bonds. The molecule has 0 radical (unpaired) electrons. The van der Waals surface area contributed by atoms with Crippen LogP contribution in [0.5, 0.6) is 5.75 Å². The molecule has 1 unspecified atom stereocenters. The number of hydrogen-bond donors (Lipinski definition) is 1. The molecule has 0 bridgehead atoms. The number of aliphatic hydroxyl groups is 1. The minimum atomic E-state index is -1.46. The Labute approximate surface area is 419 Å². The molecule has 3 aliphatic rings. The fourth-order valence-corrected chi connectivity index (χ4v) is 9.95. The summed E-state index contributed by atoms with van der Waals surface area (Å²) in [7, 11) is -1.46. The van der Waals surface area contributed by atoms with Crippen molar-refractivity contribution in [2.45, 2.75) is 137 Å². The standard InChI is InChI=1S/C61H70N4O4Si/c1-59(2,3)49-38-46(27-31-53-52(42-64)58(48(40-62)41-63)69-61(53,6)7)57(68-51-29-25-43(26-30-51)17-16-35-66)47(39-49)28-32-56-60(4,5)54-19-13-14-20-55(54)65(56)34-15-11-12-18-50(67)37-45-23-21-44(22-24-45)33-36-70(8,9)10/h13-14,19-32,49,66H,11-12,15-18,34-35,37-39H2,1-10H3/b31-27+,47-28+,56-32+. The maximum atomic E-state index is 13.1. The van der Waals surface area contributed by atoms with Gasteiger partial charge < -0.3 is 19.5 Å². The number of carbonyl (C=O) groups is 1. The summed E-state index contributed by atoms with van der Waals surface area (Å²) in [6.45, 7) is 22.7. The lowest BCUT2D eigenvalue weighted by molar-refractivity contribution is -0.118. The Kier molecular flexibility index (Phi) is 16.9. The fraction of sp³-hybridized carbons (Fsp3) is 0.410. The number of nitrogens with zero attached hydrogens (tertiary/aromatic N) is 4. The molecule has 0 saturated carbocycles. The summed E-state index contributed by atoms with van der Waals surface area (Å²) in [6, 6.07) is 30.9. The summed E-state index contributed by atoms with van der Waals surface area (Å²) in [5, 5.41) is 39.3. The number of nitriles is 3. The normalized spacial score (nSPS) is 18.5. The zero-order valence-corrected chi connectivity index (χ0v) is 44.1. The van der Waals surface area contributed by atoms with Gasteiger partial charge in [0.1, 0.15) is 54.7 Å². The second-order valence-electron chi connectivity index (χ2n) is 21.9. The molecule has 3 aromatic rings. The van der Waals surface area contributed by atoms with E-state index in [4.69, 9.17) is 9.47 Å². The summed E-state index contributed by atoms with van der Waals surface area (Å²) in [6.07, 6.45) is 15.1. The number of para-hydroxylation sites is 1. The van der Waals surface area contributed by atoms with E-state index in [1.165, 1.54) is 16.9 Å². The maximum Gasteiger partial charge on any atom is 0.172 e. The minimum absolute atomic E-state index is 0.00587. The lowest BCUT2D eigenvalue weighted by atomic mass is 9.70. The predicted molar refractivity (Wildman–Crippen MR) is 284 cm³/mol. The highest BCUT2D eigenvalue weighted by molar-refractivity contribution is 6.83. The van der Waals surface area contributed by atoms with Gasteiger partial charge in [0.25, 0.3) is 0 Å². The molecule has 9 heteroatoms. The van der Waals surface area contributed by atoms with E-state index in [0.717, 1.165) is 72.2 Å². The third-order valence-corrected chi connectivity index (χ3v) is 14.4. The molecule has 2 aliphatic heterocycles. The summed E-state index contributed by atoms with van der Waals surface area (Å²) in [4.78, 5) is 15.6. The van der Waals surface area contributed by atoms with Crippen LogP contribution in [0.15, 0.2) is 142 Å². The molecule has 0 spiro atoms. The van der Waals surface area contributed by atoms with Crippen molar-refractivity contribution in [3.05, 3.63) is 164 Å². The van der Waals surface area contributed by atoms with E-state index in [-0.39, 0.29) is 46.0 Å². The van der Waals surface area contributed by atoms with E-state index in [2.05, 4.69) is 113 Å². The molecule has 0 fully saturated rings. The van der Waals surface area contributed by atoms with E-state index < -0.39 is 13.7 Å². The quantitative estimate of drug-likeness (QED) is 0.0650. The van der Waals surface area contributed by atoms with Gasteiger partial charge in [-0.3, -0.25) is 4.79 Å². The van der Waals surface area contributed by atoms with Gasteiger partial charge in [0.15, 0.2) is 11.3 Å². The number of benzene rings is 3. The van der Waals surface area contributed by atoms with Gasteiger partial charge in [-0.2, -0.15) is 15.8 Å². The number of Topliss-reactive ketones (excluding diaryl/α,β-unsaturated/α-hetero) is 1. The first-order valence-corrected chi connectivity index (χ1v) is 28.3. The van der Waals surface area contributed by atoms with Gasteiger partial charge in [0.2, 0.25) is 0 Å². The molecule has 3 aromatic carbocycles.